The minimum atomic E-state index is -3.66. The molecule has 9 heteroatoms. The zero-order valence-electron chi connectivity index (χ0n) is 17.3. The molecule has 2 heterocycles. The second-order valence-electron chi connectivity index (χ2n) is 7.06. The van der Waals surface area contributed by atoms with Crippen molar-refractivity contribution >= 4 is 15.7 Å². The standard InChI is InChI=1S/C22H21N5O3S/c1-15-5-4-6-20(13-15)31(28,29)26-18-7-9-19(10-8-18)30-22-12-11-21(24-25-22)27-14-23-16(2)17(27)3/h4-14,26H,1-3H3. The molecular formula is C22H21N5O3S. The van der Waals surface area contributed by atoms with Crippen molar-refractivity contribution in [1.29, 1.82) is 0 Å². The van der Waals surface area contributed by atoms with Crippen LogP contribution in [-0.2, 0) is 10.0 Å². The third-order valence-electron chi connectivity index (χ3n) is 4.75. The Morgan fingerprint density at radius 3 is 2.32 bits per heavy atom. The number of anilines is 1. The number of nitrogens with one attached hydrogen (secondary N) is 1. The minimum absolute atomic E-state index is 0.214. The summed E-state index contributed by atoms with van der Waals surface area (Å²) in [5.74, 6) is 1.48. The Hall–Kier alpha value is -3.72. The number of rotatable bonds is 6. The zero-order chi connectivity index (χ0) is 22.0. The lowest BCUT2D eigenvalue weighted by Crippen LogP contribution is -2.12. The maximum atomic E-state index is 12.5. The lowest BCUT2D eigenvalue weighted by molar-refractivity contribution is 0.454. The third-order valence-corrected chi connectivity index (χ3v) is 6.13. The predicted octanol–water partition coefficient (Wildman–Crippen LogP) is 4.18. The Morgan fingerprint density at radius 1 is 0.935 bits per heavy atom. The Balaban J connectivity index is 1.44. The molecule has 4 aromatic rings. The van der Waals surface area contributed by atoms with Gasteiger partial charge >= 0.3 is 0 Å². The Labute approximate surface area is 180 Å². The molecule has 0 fully saturated rings. The van der Waals surface area contributed by atoms with Gasteiger partial charge in [0.25, 0.3) is 10.0 Å². The van der Waals surface area contributed by atoms with Crippen LogP contribution in [0.2, 0.25) is 0 Å². The normalized spacial score (nSPS) is 11.3. The van der Waals surface area contributed by atoms with E-state index in [2.05, 4.69) is 19.9 Å². The summed E-state index contributed by atoms with van der Waals surface area (Å²) in [6, 6.07) is 16.8. The lowest BCUT2D eigenvalue weighted by atomic mass is 10.2. The molecule has 0 radical (unpaired) electrons. The van der Waals surface area contributed by atoms with Crippen molar-refractivity contribution in [3.63, 3.8) is 0 Å². The van der Waals surface area contributed by atoms with E-state index in [0.29, 0.717) is 23.1 Å². The molecule has 2 aromatic carbocycles. The van der Waals surface area contributed by atoms with Crippen LogP contribution in [0.5, 0.6) is 11.6 Å². The summed E-state index contributed by atoms with van der Waals surface area (Å²) in [5, 5.41) is 8.28. The first kappa shape index (κ1) is 20.5. The van der Waals surface area contributed by atoms with Crippen LogP contribution in [0.4, 0.5) is 5.69 Å². The highest BCUT2D eigenvalue weighted by atomic mass is 32.2. The van der Waals surface area contributed by atoms with Gasteiger partial charge in [0.05, 0.1) is 10.6 Å². The van der Waals surface area contributed by atoms with Crippen molar-refractivity contribution in [2.24, 2.45) is 0 Å². The van der Waals surface area contributed by atoms with Gasteiger partial charge in [-0.05, 0) is 68.8 Å². The lowest BCUT2D eigenvalue weighted by Gasteiger charge is -2.10. The fraction of sp³-hybridized carbons (Fsp3) is 0.136. The molecule has 0 spiro atoms. The van der Waals surface area contributed by atoms with Gasteiger partial charge in [-0.1, -0.05) is 12.1 Å². The SMILES string of the molecule is Cc1cccc(S(=O)(=O)Nc2ccc(Oc3ccc(-n4cnc(C)c4C)nn3)cc2)c1. The number of hydrogen-bond acceptors (Lipinski definition) is 6. The number of nitrogens with zero attached hydrogens (tertiary/aromatic N) is 4. The van der Waals surface area contributed by atoms with Crippen LogP contribution >= 0.6 is 0 Å². The van der Waals surface area contributed by atoms with E-state index in [1.807, 2.05) is 31.4 Å². The van der Waals surface area contributed by atoms with Crippen molar-refractivity contribution in [2.45, 2.75) is 25.7 Å². The number of ether oxygens (including phenoxy) is 1. The molecule has 0 aliphatic rings. The third kappa shape index (κ3) is 4.56. The van der Waals surface area contributed by atoms with Crippen molar-refractivity contribution in [3.8, 4) is 17.4 Å². The molecule has 0 saturated heterocycles. The van der Waals surface area contributed by atoms with Crippen LogP contribution in [0, 0.1) is 20.8 Å². The summed E-state index contributed by atoms with van der Waals surface area (Å²) in [6.45, 7) is 5.74. The summed E-state index contributed by atoms with van der Waals surface area (Å²) >= 11 is 0. The molecule has 0 unspecified atom stereocenters. The van der Waals surface area contributed by atoms with E-state index in [0.717, 1.165) is 17.0 Å². The smallest absolute Gasteiger partial charge is 0.261 e. The van der Waals surface area contributed by atoms with Crippen LogP contribution in [0.15, 0.2) is 71.9 Å². The molecule has 0 amide bonds. The molecule has 0 aliphatic heterocycles. The van der Waals surface area contributed by atoms with Gasteiger partial charge in [-0.25, -0.2) is 13.4 Å². The van der Waals surface area contributed by atoms with Gasteiger partial charge in [-0.2, -0.15) is 0 Å². The number of sulfonamides is 1. The fourth-order valence-corrected chi connectivity index (χ4v) is 4.10. The first-order valence-electron chi connectivity index (χ1n) is 9.54. The van der Waals surface area contributed by atoms with Crippen LogP contribution in [0.3, 0.4) is 0 Å². The van der Waals surface area contributed by atoms with Crippen molar-refractivity contribution < 1.29 is 13.2 Å². The second kappa shape index (κ2) is 8.19. The summed E-state index contributed by atoms with van der Waals surface area (Å²) in [6.07, 6.45) is 1.70. The number of benzene rings is 2. The highest BCUT2D eigenvalue weighted by molar-refractivity contribution is 7.92. The average molecular weight is 436 g/mol. The quantitative estimate of drug-likeness (QED) is 0.488. The molecular weight excluding hydrogens is 414 g/mol. The van der Waals surface area contributed by atoms with Gasteiger partial charge in [-0.15, -0.1) is 10.2 Å². The first-order chi connectivity index (χ1) is 14.8. The average Bonchev–Trinajstić information content (AvgIpc) is 3.08. The van der Waals surface area contributed by atoms with Gasteiger partial charge in [0, 0.05) is 17.4 Å². The van der Waals surface area contributed by atoms with E-state index in [4.69, 9.17) is 4.74 Å². The van der Waals surface area contributed by atoms with Crippen LogP contribution in [0.1, 0.15) is 17.0 Å². The molecule has 4 rings (SSSR count). The fourth-order valence-electron chi connectivity index (χ4n) is 2.93. The van der Waals surface area contributed by atoms with Crippen molar-refractivity contribution in [3.05, 3.63) is 83.9 Å². The van der Waals surface area contributed by atoms with Crippen LogP contribution in [-0.4, -0.2) is 28.2 Å². The molecule has 2 aromatic heterocycles. The largest absolute Gasteiger partial charge is 0.438 e. The predicted molar refractivity (Wildman–Crippen MR) is 117 cm³/mol. The van der Waals surface area contributed by atoms with E-state index < -0.39 is 10.0 Å². The van der Waals surface area contributed by atoms with E-state index in [9.17, 15) is 8.42 Å². The van der Waals surface area contributed by atoms with Gasteiger partial charge < -0.3 is 4.74 Å². The molecule has 0 saturated carbocycles. The van der Waals surface area contributed by atoms with Crippen LogP contribution < -0.4 is 9.46 Å². The van der Waals surface area contributed by atoms with Gasteiger partial charge in [0.2, 0.25) is 5.88 Å². The van der Waals surface area contributed by atoms with Crippen molar-refractivity contribution in [2.75, 3.05) is 4.72 Å². The first-order valence-corrected chi connectivity index (χ1v) is 11.0. The number of aromatic nitrogens is 4. The van der Waals surface area contributed by atoms with E-state index in [-0.39, 0.29) is 4.90 Å². The molecule has 0 aliphatic carbocycles. The second-order valence-corrected chi connectivity index (χ2v) is 8.75. The van der Waals surface area contributed by atoms with Gasteiger partial charge in [0.1, 0.15) is 12.1 Å². The highest BCUT2D eigenvalue weighted by Crippen LogP contribution is 2.23. The Kier molecular flexibility index (Phi) is 5.43. The maximum absolute atomic E-state index is 12.5. The van der Waals surface area contributed by atoms with Gasteiger partial charge in [-0.3, -0.25) is 9.29 Å². The highest BCUT2D eigenvalue weighted by Gasteiger charge is 2.14. The maximum Gasteiger partial charge on any atom is 0.261 e. The summed E-state index contributed by atoms with van der Waals surface area (Å²) < 4.78 is 35.2. The molecule has 0 atom stereocenters. The minimum Gasteiger partial charge on any atom is -0.438 e. The molecule has 1 N–H and O–H groups in total. The van der Waals surface area contributed by atoms with E-state index in [1.165, 1.54) is 0 Å². The van der Waals surface area contributed by atoms with E-state index >= 15 is 0 Å². The van der Waals surface area contributed by atoms with Crippen molar-refractivity contribution in [1.82, 2.24) is 19.7 Å². The van der Waals surface area contributed by atoms with E-state index in [1.54, 1.807) is 60.9 Å². The topological polar surface area (TPSA) is 99.0 Å². The molecule has 0 bridgehead atoms. The van der Waals surface area contributed by atoms with Crippen LogP contribution in [0.25, 0.3) is 5.82 Å². The number of aryl methyl sites for hydroxylation is 2. The number of imidazole rings is 1. The zero-order valence-corrected chi connectivity index (χ0v) is 18.1. The molecule has 8 nitrogen and oxygen atoms in total. The summed E-state index contributed by atoms with van der Waals surface area (Å²) in [5.41, 5.74) is 3.23. The monoisotopic (exact) mass is 435 g/mol. The molecule has 158 valence electrons. The van der Waals surface area contributed by atoms with Gasteiger partial charge in [0.15, 0.2) is 5.82 Å². The Morgan fingerprint density at radius 2 is 1.71 bits per heavy atom. The Bertz CT molecular complexity index is 1310. The molecule has 31 heavy (non-hydrogen) atoms. The summed E-state index contributed by atoms with van der Waals surface area (Å²) in [4.78, 5) is 4.47. The summed E-state index contributed by atoms with van der Waals surface area (Å²) in [7, 11) is -3.66. The number of hydrogen-bond donors (Lipinski definition) is 1.